The summed E-state index contributed by atoms with van der Waals surface area (Å²) in [5.41, 5.74) is 1.85. The van der Waals surface area contributed by atoms with Crippen molar-refractivity contribution in [3.8, 4) is 0 Å². The number of benzene rings is 2. The van der Waals surface area contributed by atoms with Crippen molar-refractivity contribution in [3.05, 3.63) is 68.9 Å². The number of halogens is 4. The molecule has 0 radical (unpaired) electrons. The SMILES string of the molecule is Fc1cccc(Cl)c1CC(CBr)Cc1ccc(Br)cc1. The van der Waals surface area contributed by atoms with Crippen molar-refractivity contribution < 1.29 is 4.39 Å². The van der Waals surface area contributed by atoms with Crippen LogP contribution >= 0.6 is 43.5 Å². The van der Waals surface area contributed by atoms with Gasteiger partial charge in [0.1, 0.15) is 5.82 Å². The zero-order valence-electron chi connectivity index (χ0n) is 10.8. The van der Waals surface area contributed by atoms with Gasteiger partial charge in [0, 0.05) is 20.4 Å². The van der Waals surface area contributed by atoms with Crippen LogP contribution in [0, 0.1) is 11.7 Å². The summed E-state index contributed by atoms with van der Waals surface area (Å²) in [5, 5.41) is 1.32. The second-order valence-electron chi connectivity index (χ2n) is 4.76. The van der Waals surface area contributed by atoms with Crippen molar-refractivity contribution in [1.82, 2.24) is 0 Å². The van der Waals surface area contributed by atoms with E-state index in [0.29, 0.717) is 22.9 Å². The molecule has 0 aliphatic carbocycles. The maximum atomic E-state index is 13.8. The molecular weight excluding hydrogens is 406 g/mol. The largest absolute Gasteiger partial charge is 0.207 e. The Morgan fingerprint density at radius 2 is 1.75 bits per heavy atom. The first kappa shape index (κ1) is 16.0. The average molecular weight is 421 g/mol. The molecule has 2 aromatic rings. The summed E-state index contributed by atoms with van der Waals surface area (Å²) in [5.74, 6) is 0.0878. The predicted molar refractivity (Wildman–Crippen MR) is 90.2 cm³/mol. The lowest BCUT2D eigenvalue weighted by Crippen LogP contribution is -2.11. The molecule has 0 fully saturated rings. The molecular formula is C16H14Br2ClF. The lowest BCUT2D eigenvalue weighted by atomic mass is 9.94. The van der Waals surface area contributed by atoms with Crippen molar-refractivity contribution >= 4 is 43.5 Å². The van der Waals surface area contributed by atoms with E-state index in [2.05, 4.69) is 44.0 Å². The summed E-state index contributed by atoms with van der Waals surface area (Å²) in [6.45, 7) is 0. The molecule has 2 aromatic carbocycles. The van der Waals surface area contributed by atoms with Crippen LogP contribution in [0.15, 0.2) is 46.9 Å². The molecule has 0 spiro atoms. The highest BCUT2D eigenvalue weighted by Crippen LogP contribution is 2.25. The van der Waals surface area contributed by atoms with E-state index in [1.165, 1.54) is 11.6 Å². The summed E-state index contributed by atoms with van der Waals surface area (Å²) in [7, 11) is 0. The van der Waals surface area contributed by atoms with Crippen LogP contribution in [0.4, 0.5) is 4.39 Å². The molecule has 0 saturated carbocycles. The highest BCUT2D eigenvalue weighted by atomic mass is 79.9. The summed E-state index contributed by atoms with van der Waals surface area (Å²) in [4.78, 5) is 0. The highest BCUT2D eigenvalue weighted by molar-refractivity contribution is 9.10. The van der Waals surface area contributed by atoms with Crippen molar-refractivity contribution in [1.29, 1.82) is 0 Å². The summed E-state index contributed by atoms with van der Waals surface area (Å²) in [6, 6.07) is 13.1. The first-order valence-electron chi connectivity index (χ1n) is 6.33. The Morgan fingerprint density at radius 3 is 2.35 bits per heavy atom. The van der Waals surface area contributed by atoms with Gasteiger partial charge in [0.05, 0.1) is 0 Å². The van der Waals surface area contributed by atoms with Crippen LogP contribution in [0.5, 0.6) is 0 Å². The molecule has 20 heavy (non-hydrogen) atoms. The van der Waals surface area contributed by atoms with Crippen LogP contribution in [-0.4, -0.2) is 5.33 Å². The van der Waals surface area contributed by atoms with Crippen molar-refractivity contribution in [2.75, 3.05) is 5.33 Å². The first-order chi connectivity index (χ1) is 9.60. The van der Waals surface area contributed by atoms with E-state index in [0.717, 1.165) is 16.2 Å². The van der Waals surface area contributed by atoms with E-state index in [1.54, 1.807) is 12.1 Å². The molecule has 0 saturated heterocycles. The van der Waals surface area contributed by atoms with Crippen LogP contribution in [0.3, 0.4) is 0 Å². The van der Waals surface area contributed by atoms with E-state index in [-0.39, 0.29) is 5.82 Å². The molecule has 0 N–H and O–H groups in total. The Labute approximate surface area is 140 Å². The van der Waals surface area contributed by atoms with Gasteiger partial charge in [0.15, 0.2) is 0 Å². The van der Waals surface area contributed by atoms with Crippen molar-refractivity contribution in [2.24, 2.45) is 5.92 Å². The summed E-state index contributed by atoms with van der Waals surface area (Å²) >= 11 is 13.0. The second kappa shape index (κ2) is 7.58. The second-order valence-corrected chi connectivity index (χ2v) is 6.73. The van der Waals surface area contributed by atoms with Crippen LogP contribution in [0.1, 0.15) is 11.1 Å². The van der Waals surface area contributed by atoms with E-state index >= 15 is 0 Å². The fourth-order valence-corrected chi connectivity index (χ4v) is 3.11. The third kappa shape index (κ3) is 4.31. The summed E-state index contributed by atoms with van der Waals surface area (Å²) in [6.07, 6.45) is 1.52. The molecule has 0 aliphatic heterocycles. The van der Waals surface area contributed by atoms with Gasteiger partial charge in [-0.15, -0.1) is 0 Å². The van der Waals surface area contributed by atoms with Gasteiger partial charge < -0.3 is 0 Å². The molecule has 0 aliphatic rings. The van der Waals surface area contributed by atoms with Crippen molar-refractivity contribution in [2.45, 2.75) is 12.8 Å². The minimum absolute atomic E-state index is 0.223. The van der Waals surface area contributed by atoms with Gasteiger partial charge in [-0.1, -0.05) is 61.7 Å². The van der Waals surface area contributed by atoms with Crippen molar-refractivity contribution in [3.63, 3.8) is 0 Å². The number of rotatable bonds is 5. The molecule has 0 bridgehead atoms. The molecule has 1 atom stereocenters. The van der Waals surface area contributed by atoms with Gasteiger partial charge in [-0.05, 0) is 48.6 Å². The van der Waals surface area contributed by atoms with Gasteiger partial charge in [-0.3, -0.25) is 0 Å². The van der Waals surface area contributed by atoms with Gasteiger partial charge in [-0.25, -0.2) is 4.39 Å². The Balaban J connectivity index is 2.11. The molecule has 0 heterocycles. The highest BCUT2D eigenvalue weighted by Gasteiger charge is 2.14. The van der Waals surface area contributed by atoms with Crippen LogP contribution in [0.25, 0.3) is 0 Å². The van der Waals surface area contributed by atoms with E-state index < -0.39 is 0 Å². The van der Waals surface area contributed by atoms with Gasteiger partial charge >= 0.3 is 0 Å². The zero-order chi connectivity index (χ0) is 14.5. The molecule has 4 heteroatoms. The Hall–Kier alpha value is -0.380. The number of hydrogen-bond donors (Lipinski definition) is 0. The van der Waals surface area contributed by atoms with E-state index in [1.807, 2.05) is 12.1 Å². The first-order valence-corrected chi connectivity index (χ1v) is 8.62. The Morgan fingerprint density at radius 1 is 1.05 bits per heavy atom. The lowest BCUT2D eigenvalue weighted by molar-refractivity contribution is 0.550. The fraction of sp³-hybridized carbons (Fsp3) is 0.250. The topological polar surface area (TPSA) is 0 Å². The third-order valence-electron chi connectivity index (χ3n) is 3.21. The van der Waals surface area contributed by atoms with E-state index in [4.69, 9.17) is 11.6 Å². The molecule has 2 rings (SSSR count). The standard InChI is InChI=1S/C16H14Br2ClF/c17-10-12(8-11-4-6-13(18)7-5-11)9-14-15(19)2-1-3-16(14)20/h1-7,12H,8-10H2. The van der Waals surface area contributed by atoms with Gasteiger partial charge in [0.2, 0.25) is 0 Å². The number of hydrogen-bond acceptors (Lipinski definition) is 0. The quantitative estimate of drug-likeness (QED) is 0.518. The van der Waals surface area contributed by atoms with E-state index in [9.17, 15) is 4.39 Å². The zero-order valence-corrected chi connectivity index (χ0v) is 14.7. The van der Waals surface area contributed by atoms with Crippen LogP contribution in [0.2, 0.25) is 5.02 Å². The molecule has 0 amide bonds. The molecule has 106 valence electrons. The minimum atomic E-state index is -0.223. The number of alkyl halides is 1. The van der Waals surface area contributed by atoms with Crippen LogP contribution in [-0.2, 0) is 12.8 Å². The summed E-state index contributed by atoms with van der Waals surface area (Å²) < 4.78 is 14.9. The molecule has 0 aromatic heterocycles. The lowest BCUT2D eigenvalue weighted by Gasteiger charge is -2.16. The smallest absolute Gasteiger partial charge is 0.127 e. The maximum absolute atomic E-state index is 13.8. The Kier molecular flexibility index (Phi) is 6.06. The Bertz CT molecular complexity index is 549. The molecule has 1 unspecified atom stereocenters. The normalized spacial score (nSPS) is 12.4. The fourth-order valence-electron chi connectivity index (χ4n) is 2.15. The monoisotopic (exact) mass is 418 g/mol. The average Bonchev–Trinajstić information content (AvgIpc) is 2.44. The molecule has 0 nitrogen and oxygen atoms in total. The predicted octanol–water partition coefficient (Wildman–Crippen LogP) is 6.04. The van der Waals surface area contributed by atoms with Gasteiger partial charge in [0.25, 0.3) is 0 Å². The van der Waals surface area contributed by atoms with Crippen LogP contribution < -0.4 is 0 Å². The minimum Gasteiger partial charge on any atom is -0.207 e. The maximum Gasteiger partial charge on any atom is 0.127 e. The third-order valence-corrected chi connectivity index (χ3v) is 5.01. The van der Waals surface area contributed by atoms with Gasteiger partial charge in [-0.2, -0.15) is 0 Å².